The minimum absolute atomic E-state index is 0.330. The Morgan fingerprint density at radius 3 is 2.56 bits per heavy atom. The van der Waals surface area contributed by atoms with Crippen molar-refractivity contribution >= 4 is 0 Å². The monoisotopic (exact) mass is 240 g/mol. The summed E-state index contributed by atoms with van der Waals surface area (Å²) in [5, 5.41) is 3.40. The summed E-state index contributed by atoms with van der Waals surface area (Å²) < 4.78 is 0. The van der Waals surface area contributed by atoms with E-state index >= 15 is 0 Å². The van der Waals surface area contributed by atoms with Gasteiger partial charge in [0.05, 0.1) is 0 Å². The van der Waals surface area contributed by atoms with Gasteiger partial charge in [-0.25, -0.2) is 0 Å². The van der Waals surface area contributed by atoms with E-state index in [2.05, 4.69) is 47.6 Å². The molecule has 1 unspecified atom stereocenters. The van der Waals surface area contributed by atoms with Crippen LogP contribution in [0.15, 0.2) is 48.7 Å². The number of hydrogen-bond donors (Lipinski definition) is 1. The van der Waals surface area contributed by atoms with Gasteiger partial charge in [-0.15, -0.1) is 0 Å². The minimum atomic E-state index is 0.330. The van der Waals surface area contributed by atoms with E-state index in [0.717, 1.165) is 18.5 Å². The van der Waals surface area contributed by atoms with E-state index in [-0.39, 0.29) is 0 Å². The van der Waals surface area contributed by atoms with E-state index in [1.807, 2.05) is 25.4 Å². The van der Waals surface area contributed by atoms with Crippen molar-refractivity contribution in [1.82, 2.24) is 10.3 Å². The second-order valence-electron chi connectivity index (χ2n) is 4.42. The van der Waals surface area contributed by atoms with Crippen LogP contribution < -0.4 is 5.32 Å². The van der Waals surface area contributed by atoms with Crippen molar-refractivity contribution in [2.75, 3.05) is 7.05 Å². The third-order valence-corrected chi connectivity index (χ3v) is 3.30. The zero-order chi connectivity index (χ0) is 12.8. The lowest BCUT2D eigenvalue weighted by Gasteiger charge is -2.19. The highest BCUT2D eigenvalue weighted by atomic mass is 14.9. The lowest BCUT2D eigenvalue weighted by molar-refractivity contribution is 0.579. The van der Waals surface area contributed by atoms with Crippen molar-refractivity contribution in [3.05, 3.63) is 65.5 Å². The smallest absolute Gasteiger partial charge is 0.0422 e. The Hall–Kier alpha value is -1.67. The summed E-state index contributed by atoms with van der Waals surface area (Å²) in [5.41, 5.74) is 3.92. The average molecular weight is 240 g/mol. The van der Waals surface area contributed by atoms with E-state index in [1.165, 1.54) is 11.1 Å². The molecular formula is C16H20N2. The predicted octanol–water partition coefficient (Wildman–Crippen LogP) is 3.15. The van der Waals surface area contributed by atoms with Crippen LogP contribution in [-0.4, -0.2) is 12.0 Å². The maximum Gasteiger partial charge on any atom is 0.0422 e. The minimum Gasteiger partial charge on any atom is -0.313 e. The van der Waals surface area contributed by atoms with Gasteiger partial charge in [-0.2, -0.15) is 0 Å². The molecule has 1 atom stereocenters. The van der Waals surface area contributed by atoms with Crippen molar-refractivity contribution in [2.45, 2.75) is 25.8 Å². The molecule has 2 rings (SSSR count). The molecule has 1 aromatic heterocycles. The Kier molecular flexibility index (Phi) is 4.48. The molecule has 0 radical (unpaired) electrons. The van der Waals surface area contributed by atoms with Gasteiger partial charge in [0, 0.05) is 24.4 Å². The van der Waals surface area contributed by atoms with E-state index in [0.29, 0.717) is 6.04 Å². The zero-order valence-corrected chi connectivity index (χ0v) is 11.1. The van der Waals surface area contributed by atoms with Gasteiger partial charge in [-0.3, -0.25) is 4.98 Å². The van der Waals surface area contributed by atoms with Crippen LogP contribution in [0, 0.1) is 0 Å². The molecule has 2 aromatic rings. The van der Waals surface area contributed by atoms with Gasteiger partial charge in [0.15, 0.2) is 0 Å². The molecule has 0 amide bonds. The van der Waals surface area contributed by atoms with Crippen LogP contribution in [0.3, 0.4) is 0 Å². The normalized spacial score (nSPS) is 12.3. The number of nitrogens with one attached hydrogen (secondary N) is 1. The van der Waals surface area contributed by atoms with Crippen molar-refractivity contribution < 1.29 is 0 Å². The first-order valence-corrected chi connectivity index (χ1v) is 6.50. The summed E-state index contributed by atoms with van der Waals surface area (Å²) in [4.78, 5) is 4.41. The molecule has 0 fully saturated rings. The number of pyridine rings is 1. The Balaban J connectivity index is 2.23. The molecule has 2 nitrogen and oxygen atoms in total. The number of benzene rings is 1. The second-order valence-corrected chi connectivity index (χ2v) is 4.42. The molecule has 0 aliphatic carbocycles. The standard InChI is InChI=1S/C16H20N2/c1-3-13-8-4-5-10-15(13)16(17-2)12-14-9-6-7-11-18-14/h4-11,16-17H,3,12H2,1-2H3. The fraction of sp³-hybridized carbons (Fsp3) is 0.312. The van der Waals surface area contributed by atoms with Crippen LogP contribution in [-0.2, 0) is 12.8 Å². The lowest BCUT2D eigenvalue weighted by atomic mass is 9.95. The highest BCUT2D eigenvalue weighted by molar-refractivity contribution is 5.31. The number of aryl methyl sites for hydroxylation is 1. The van der Waals surface area contributed by atoms with Gasteiger partial charge in [0.2, 0.25) is 0 Å². The van der Waals surface area contributed by atoms with Crippen molar-refractivity contribution in [3.8, 4) is 0 Å². The van der Waals surface area contributed by atoms with Crippen LogP contribution >= 0.6 is 0 Å². The van der Waals surface area contributed by atoms with Gasteiger partial charge in [0.25, 0.3) is 0 Å². The Morgan fingerprint density at radius 2 is 1.89 bits per heavy atom. The van der Waals surface area contributed by atoms with Crippen molar-refractivity contribution in [1.29, 1.82) is 0 Å². The second kappa shape index (κ2) is 6.31. The molecule has 0 saturated heterocycles. The third kappa shape index (κ3) is 2.96. The number of aromatic nitrogens is 1. The quantitative estimate of drug-likeness (QED) is 0.868. The summed E-state index contributed by atoms with van der Waals surface area (Å²) in [7, 11) is 2.01. The van der Waals surface area contributed by atoms with Crippen LogP contribution in [0.5, 0.6) is 0 Å². The fourth-order valence-corrected chi connectivity index (χ4v) is 2.29. The first kappa shape index (κ1) is 12.8. The van der Waals surface area contributed by atoms with Gasteiger partial charge in [-0.1, -0.05) is 37.3 Å². The van der Waals surface area contributed by atoms with Crippen LogP contribution in [0.4, 0.5) is 0 Å². The summed E-state index contributed by atoms with van der Waals surface area (Å²) >= 11 is 0. The summed E-state index contributed by atoms with van der Waals surface area (Å²) in [6.45, 7) is 2.20. The lowest BCUT2D eigenvalue weighted by Crippen LogP contribution is -2.20. The van der Waals surface area contributed by atoms with Gasteiger partial charge in [-0.05, 0) is 36.7 Å². The topological polar surface area (TPSA) is 24.9 Å². The summed E-state index contributed by atoms with van der Waals surface area (Å²) in [5.74, 6) is 0. The van der Waals surface area contributed by atoms with Crippen LogP contribution in [0.2, 0.25) is 0 Å². The first-order chi connectivity index (χ1) is 8.85. The van der Waals surface area contributed by atoms with Gasteiger partial charge < -0.3 is 5.32 Å². The van der Waals surface area contributed by atoms with E-state index < -0.39 is 0 Å². The van der Waals surface area contributed by atoms with E-state index in [1.54, 1.807) is 0 Å². The van der Waals surface area contributed by atoms with Crippen molar-refractivity contribution in [3.63, 3.8) is 0 Å². The van der Waals surface area contributed by atoms with Gasteiger partial charge in [0.1, 0.15) is 0 Å². The Bertz CT molecular complexity index is 479. The molecule has 1 heterocycles. The molecular weight excluding hydrogens is 220 g/mol. The largest absolute Gasteiger partial charge is 0.313 e. The summed E-state index contributed by atoms with van der Waals surface area (Å²) in [6.07, 6.45) is 3.85. The number of hydrogen-bond acceptors (Lipinski definition) is 2. The molecule has 1 N–H and O–H groups in total. The number of nitrogens with zero attached hydrogens (tertiary/aromatic N) is 1. The molecule has 1 aromatic carbocycles. The highest BCUT2D eigenvalue weighted by Crippen LogP contribution is 2.21. The molecule has 0 saturated carbocycles. The predicted molar refractivity (Wildman–Crippen MR) is 75.6 cm³/mol. The van der Waals surface area contributed by atoms with Crippen molar-refractivity contribution in [2.24, 2.45) is 0 Å². The highest BCUT2D eigenvalue weighted by Gasteiger charge is 2.13. The SMILES string of the molecule is CCc1ccccc1C(Cc1ccccn1)NC. The molecule has 0 spiro atoms. The summed E-state index contributed by atoms with van der Waals surface area (Å²) in [6, 6.07) is 15.0. The van der Waals surface area contributed by atoms with E-state index in [4.69, 9.17) is 0 Å². The average Bonchev–Trinajstić information content (AvgIpc) is 2.46. The van der Waals surface area contributed by atoms with E-state index in [9.17, 15) is 0 Å². The third-order valence-electron chi connectivity index (χ3n) is 3.30. The maximum absolute atomic E-state index is 4.41. The van der Waals surface area contributed by atoms with Crippen LogP contribution in [0.1, 0.15) is 29.8 Å². The molecule has 94 valence electrons. The number of likely N-dealkylation sites (N-methyl/N-ethyl adjacent to an activating group) is 1. The molecule has 0 aliphatic heterocycles. The van der Waals surface area contributed by atoms with Gasteiger partial charge >= 0.3 is 0 Å². The molecule has 0 aliphatic rings. The molecule has 0 bridgehead atoms. The maximum atomic E-state index is 4.41. The molecule has 2 heteroatoms. The molecule has 18 heavy (non-hydrogen) atoms. The Morgan fingerprint density at radius 1 is 1.11 bits per heavy atom. The number of rotatable bonds is 5. The zero-order valence-electron chi connectivity index (χ0n) is 11.1. The first-order valence-electron chi connectivity index (χ1n) is 6.50. The van der Waals surface area contributed by atoms with Crippen LogP contribution in [0.25, 0.3) is 0 Å². The Labute approximate surface area is 109 Å². The fourth-order valence-electron chi connectivity index (χ4n) is 2.29.